The topological polar surface area (TPSA) is 38.3 Å². The summed E-state index contributed by atoms with van der Waals surface area (Å²) in [5.41, 5.74) is -0.226. The summed E-state index contributed by atoms with van der Waals surface area (Å²) in [6.45, 7) is 2.26. The van der Waals surface area contributed by atoms with E-state index in [9.17, 15) is 13.6 Å². The highest BCUT2D eigenvalue weighted by Crippen LogP contribution is 2.23. The van der Waals surface area contributed by atoms with Gasteiger partial charge in [-0.05, 0) is 19.5 Å². The van der Waals surface area contributed by atoms with Crippen molar-refractivity contribution in [3.8, 4) is 5.75 Å². The fourth-order valence-electron chi connectivity index (χ4n) is 1.76. The number of hydrogen-bond acceptors (Lipinski definition) is 3. The van der Waals surface area contributed by atoms with Crippen molar-refractivity contribution in [1.29, 1.82) is 0 Å². The molecule has 0 radical (unpaired) electrons. The molecular weight excluding hydrogens is 240 g/mol. The monoisotopic (exact) mass is 257 g/mol. The van der Waals surface area contributed by atoms with Gasteiger partial charge in [-0.3, -0.25) is 4.79 Å². The van der Waals surface area contributed by atoms with Crippen LogP contribution in [0.1, 0.15) is 23.7 Å². The van der Waals surface area contributed by atoms with Crippen molar-refractivity contribution in [3.05, 3.63) is 29.3 Å². The lowest BCUT2D eigenvalue weighted by molar-refractivity contribution is 0.0912. The van der Waals surface area contributed by atoms with Gasteiger partial charge in [0, 0.05) is 18.5 Å². The highest BCUT2D eigenvalue weighted by Gasteiger charge is 2.22. The summed E-state index contributed by atoms with van der Waals surface area (Å²) in [4.78, 5) is 12.1. The molecule has 0 aromatic heterocycles. The van der Waals surface area contributed by atoms with E-state index < -0.39 is 17.4 Å². The van der Waals surface area contributed by atoms with Crippen LogP contribution in [0, 0.1) is 17.6 Å². The number of nitrogens with one attached hydrogen (secondary N) is 1. The first-order chi connectivity index (χ1) is 8.54. The second-order valence-electron chi connectivity index (χ2n) is 3.99. The standard InChI is InChI=1S/C13H17F2NO2/c1-4-8(7-16-2)13(17)9-5-11(15)12(18-3)6-10(9)14/h5-6,8,16H,4,7H2,1-3H3. The second-order valence-corrected chi connectivity index (χ2v) is 3.99. The van der Waals surface area contributed by atoms with Gasteiger partial charge in [-0.15, -0.1) is 0 Å². The van der Waals surface area contributed by atoms with E-state index in [4.69, 9.17) is 0 Å². The summed E-state index contributed by atoms with van der Waals surface area (Å²) < 4.78 is 31.9. The molecule has 0 amide bonds. The van der Waals surface area contributed by atoms with Crippen molar-refractivity contribution in [2.24, 2.45) is 5.92 Å². The minimum absolute atomic E-state index is 0.203. The van der Waals surface area contributed by atoms with E-state index >= 15 is 0 Å². The summed E-state index contributed by atoms with van der Waals surface area (Å²) in [6, 6.07) is 1.80. The molecule has 0 fully saturated rings. The predicted molar refractivity (Wildman–Crippen MR) is 64.9 cm³/mol. The fourth-order valence-corrected chi connectivity index (χ4v) is 1.76. The Hall–Kier alpha value is -1.49. The van der Waals surface area contributed by atoms with Crippen LogP contribution < -0.4 is 10.1 Å². The molecule has 1 rings (SSSR count). The van der Waals surface area contributed by atoms with E-state index in [2.05, 4.69) is 10.1 Å². The fraction of sp³-hybridized carbons (Fsp3) is 0.462. The van der Waals surface area contributed by atoms with Crippen LogP contribution in [0.5, 0.6) is 5.75 Å². The number of benzene rings is 1. The Morgan fingerprint density at radius 2 is 2.06 bits per heavy atom. The molecule has 1 atom stereocenters. The average Bonchev–Trinajstić information content (AvgIpc) is 2.37. The Morgan fingerprint density at radius 3 is 2.56 bits per heavy atom. The number of halogens is 2. The molecule has 5 heteroatoms. The van der Waals surface area contributed by atoms with E-state index in [1.807, 2.05) is 6.92 Å². The van der Waals surface area contributed by atoms with Crippen LogP contribution in [-0.2, 0) is 0 Å². The molecule has 0 aliphatic heterocycles. The van der Waals surface area contributed by atoms with Gasteiger partial charge in [-0.25, -0.2) is 8.78 Å². The van der Waals surface area contributed by atoms with Gasteiger partial charge < -0.3 is 10.1 Å². The molecule has 0 heterocycles. The van der Waals surface area contributed by atoms with Gasteiger partial charge in [-0.1, -0.05) is 6.92 Å². The molecule has 100 valence electrons. The maximum atomic E-state index is 13.7. The number of carbonyl (C=O) groups excluding carboxylic acids is 1. The Kier molecular flexibility index (Phi) is 5.22. The third-order valence-electron chi connectivity index (χ3n) is 2.82. The first-order valence-electron chi connectivity index (χ1n) is 5.76. The van der Waals surface area contributed by atoms with Crippen LogP contribution in [0.2, 0.25) is 0 Å². The van der Waals surface area contributed by atoms with Crippen molar-refractivity contribution >= 4 is 5.78 Å². The molecule has 1 N–H and O–H groups in total. The smallest absolute Gasteiger partial charge is 0.170 e. The van der Waals surface area contributed by atoms with E-state index in [-0.39, 0.29) is 17.2 Å². The molecule has 1 aromatic rings. The zero-order chi connectivity index (χ0) is 13.7. The minimum atomic E-state index is -0.757. The molecule has 1 aromatic carbocycles. The maximum Gasteiger partial charge on any atom is 0.170 e. The van der Waals surface area contributed by atoms with Gasteiger partial charge in [0.05, 0.1) is 12.7 Å². The molecular formula is C13H17F2NO2. The molecule has 3 nitrogen and oxygen atoms in total. The molecule has 0 saturated heterocycles. The van der Waals surface area contributed by atoms with Gasteiger partial charge in [0.25, 0.3) is 0 Å². The number of Topliss-reactive ketones (excluding diaryl/α,β-unsaturated/α-hetero) is 1. The van der Waals surface area contributed by atoms with Crippen molar-refractivity contribution in [2.75, 3.05) is 20.7 Å². The van der Waals surface area contributed by atoms with Crippen molar-refractivity contribution in [1.82, 2.24) is 5.32 Å². The lowest BCUT2D eigenvalue weighted by Gasteiger charge is -2.14. The number of rotatable bonds is 6. The maximum absolute atomic E-state index is 13.7. The van der Waals surface area contributed by atoms with Crippen LogP contribution in [0.15, 0.2) is 12.1 Å². The highest BCUT2D eigenvalue weighted by molar-refractivity contribution is 5.98. The van der Waals surface area contributed by atoms with Crippen LogP contribution in [0.3, 0.4) is 0 Å². The number of ketones is 1. The summed E-state index contributed by atoms with van der Waals surface area (Å²) in [6.07, 6.45) is 0.562. The third-order valence-corrected chi connectivity index (χ3v) is 2.82. The number of hydrogen-bond donors (Lipinski definition) is 1. The zero-order valence-electron chi connectivity index (χ0n) is 10.7. The van der Waals surface area contributed by atoms with Crippen LogP contribution in [0.25, 0.3) is 0 Å². The summed E-state index contributed by atoms with van der Waals surface area (Å²) in [5.74, 6) is -2.46. The van der Waals surface area contributed by atoms with E-state index in [0.29, 0.717) is 13.0 Å². The summed E-state index contributed by atoms with van der Waals surface area (Å²) >= 11 is 0. The highest BCUT2D eigenvalue weighted by atomic mass is 19.1. The molecule has 0 saturated carbocycles. The van der Waals surface area contributed by atoms with E-state index in [1.54, 1.807) is 7.05 Å². The SMILES string of the molecule is CCC(CNC)C(=O)c1cc(F)c(OC)cc1F. The molecule has 18 heavy (non-hydrogen) atoms. The quantitative estimate of drug-likeness (QED) is 0.795. The Morgan fingerprint density at radius 1 is 1.39 bits per heavy atom. The van der Waals surface area contributed by atoms with Gasteiger partial charge in [0.1, 0.15) is 5.82 Å². The number of carbonyl (C=O) groups is 1. The number of methoxy groups -OCH3 is 1. The first kappa shape index (κ1) is 14.6. The Bertz CT molecular complexity index is 435. The third kappa shape index (κ3) is 3.04. The van der Waals surface area contributed by atoms with E-state index in [0.717, 1.165) is 12.1 Å². The van der Waals surface area contributed by atoms with Gasteiger partial charge >= 0.3 is 0 Å². The molecule has 1 unspecified atom stereocenters. The normalized spacial score (nSPS) is 12.3. The van der Waals surface area contributed by atoms with Crippen molar-refractivity contribution < 1.29 is 18.3 Å². The lowest BCUT2D eigenvalue weighted by atomic mass is 9.94. The molecule has 0 aliphatic carbocycles. The van der Waals surface area contributed by atoms with Gasteiger partial charge in [-0.2, -0.15) is 0 Å². The van der Waals surface area contributed by atoms with Crippen LogP contribution >= 0.6 is 0 Å². The molecule has 0 spiro atoms. The predicted octanol–water partition coefficient (Wildman–Crippen LogP) is 2.40. The van der Waals surface area contributed by atoms with Crippen molar-refractivity contribution in [2.45, 2.75) is 13.3 Å². The van der Waals surface area contributed by atoms with Crippen LogP contribution in [0.4, 0.5) is 8.78 Å². The van der Waals surface area contributed by atoms with Crippen LogP contribution in [-0.4, -0.2) is 26.5 Å². The average molecular weight is 257 g/mol. The largest absolute Gasteiger partial charge is 0.494 e. The van der Waals surface area contributed by atoms with Crippen molar-refractivity contribution in [3.63, 3.8) is 0 Å². The first-order valence-corrected chi connectivity index (χ1v) is 5.76. The number of ether oxygens (including phenoxy) is 1. The second kappa shape index (κ2) is 6.44. The van der Waals surface area contributed by atoms with Gasteiger partial charge in [0.2, 0.25) is 0 Å². The molecule has 0 bridgehead atoms. The zero-order valence-corrected chi connectivity index (χ0v) is 10.7. The Labute approximate surface area is 105 Å². The van der Waals surface area contributed by atoms with Gasteiger partial charge in [0.15, 0.2) is 17.3 Å². The lowest BCUT2D eigenvalue weighted by Crippen LogP contribution is -2.26. The summed E-state index contributed by atoms with van der Waals surface area (Å²) in [7, 11) is 2.95. The molecule has 0 aliphatic rings. The van der Waals surface area contributed by atoms with E-state index in [1.165, 1.54) is 7.11 Å². The summed E-state index contributed by atoms with van der Waals surface area (Å²) in [5, 5.41) is 2.86. The Balaban J connectivity index is 3.09. The minimum Gasteiger partial charge on any atom is -0.494 e.